The van der Waals surface area contributed by atoms with Crippen molar-refractivity contribution in [2.24, 2.45) is 0 Å². The Balaban J connectivity index is 1.52. The van der Waals surface area contributed by atoms with E-state index in [-0.39, 0.29) is 59.0 Å². The van der Waals surface area contributed by atoms with Gasteiger partial charge >= 0.3 is 12.3 Å². The Morgan fingerprint density at radius 3 is 2.09 bits per heavy atom. The van der Waals surface area contributed by atoms with Crippen LogP contribution in [0.5, 0.6) is 28.9 Å². The summed E-state index contributed by atoms with van der Waals surface area (Å²) in [5.74, 6) is -1.72. The van der Waals surface area contributed by atoms with Gasteiger partial charge in [0.15, 0.2) is 29.9 Å². The van der Waals surface area contributed by atoms with Gasteiger partial charge in [-0.25, -0.2) is 37.3 Å². The lowest BCUT2D eigenvalue weighted by Gasteiger charge is -2.26. The monoisotopic (exact) mass is 953 g/mol. The lowest BCUT2D eigenvalue weighted by atomic mass is 9.87. The fourth-order valence-corrected chi connectivity index (χ4v) is 6.70. The molecule has 0 aliphatic rings. The zero-order valence-corrected chi connectivity index (χ0v) is 37.0. The van der Waals surface area contributed by atoms with Gasteiger partial charge in [-0.3, -0.25) is 0 Å². The molecule has 3 aromatic carbocycles. The lowest BCUT2D eigenvalue weighted by molar-refractivity contribution is -0.763. The maximum Gasteiger partial charge on any atom is 0.513 e. The zero-order chi connectivity index (χ0) is 48.4. The quantitative estimate of drug-likeness (QED) is 0.0174. The van der Waals surface area contributed by atoms with E-state index in [0.29, 0.717) is 9.87 Å². The highest BCUT2D eigenvalue weighted by Gasteiger charge is 2.35. The highest BCUT2D eigenvalue weighted by atomic mass is 32.2. The van der Waals surface area contributed by atoms with Crippen molar-refractivity contribution in [2.45, 2.75) is 37.7 Å². The molecule has 0 saturated heterocycles. The number of carbonyl (C=O) groups excluding carboxylic acids is 2. The van der Waals surface area contributed by atoms with Crippen LogP contribution >= 0.6 is 0 Å². The van der Waals surface area contributed by atoms with Crippen LogP contribution in [0.25, 0.3) is 11.6 Å². The fourth-order valence-electron chi connectivity index (χ4n) is 5.43. The van der Waals surface area contributed by atoms with Crippen molar-refractivity contribution in [1.29, 1.82) is 0 Å². The van der Waals surface area contributed by atoms with Crippen molar-refractivity contribution in [2.75, 3.05) is 57.8 Å². The van der Waals surface area contributed by atoms with Crippen molar-refractivity contribution in [3.05, 3.63) is 123 Å². The van der Waals surface area contributed by atoms with Crippen molar-refractivity contribution < 1.29 is 75.8 Å². The predicted molar refractivity (Wildman–Crippen MR) is 228 cm³/mol. The van der Waals surface area contributed by atoms with Gasteiger partial charge in [0.05, 0.1) is 25.2 Å². The molecule has 0 N–H and O–H groups in total. The summed E-state index contributed by atoms with van der Waals surface area (Å²) in [6.45, 7) is 2.18. The van der Waals surface area contributed by atoms with E-state index < -0.39 is 83.1 Å². The first-order valence-electron chi connectivity index (χ1n) is 19.7. The number of nitrogens with zero attached hydrogens (tertiary/aromatic N) is 7. The Kier molecular flexibility index (Phi) is 17.6. The van der Waals surface area contributed by atoms with E-state index in [4.69, 9.17) is 37.9 Å². The van der Waals surface area contributed by atoms with Crippen LogP contribution in [0, 0.1) is 20.2 Å². The number of aromatic nitrogens is 4. The molecule has 25 nitrogen and oxygen atoms in total. The minimum atomic E-state index is -4.80. The van der Waals surface area contributed by atoms with Gasteiger partial charge < -0.3 is 47.6 Å². The van der Waals surface area contributed by atoms with E-state index in [0.717, 1.165) is 5.56 Å². The highest BCUT2D eigenvalue weighted by Crippen LogP contribution is 2.44. The molecular weight excluding hydrogens is 911 g/mol. The SMILES string of the molecule is COc1ccccc1Oc1c(OCCOC(=O)Oc2cccc(CO[N+](=O)[O-])c2)nc(-c2ncccn2)nc1N(COC(=O)OCCOCCO[N+](=O)[O-])S(=O)(=O)c1ccc(C(C)(C)C)cc1. The average molecular weight is 954 g/mol. The van der Waals surface area contributed by atoms with Crippen LogP contribution in [0.1, 0.15) is 31.9 Å². The predicted octanol–water partition coefficient (Wildman–Crippen LogP) is 5.87. The third kappa shape index (κ3) is 15.0. The summed E-state index contributed by atoms with van der Waals surface area (Å²) in [6.07, 6.45) is 0.217. The summed E-state index contributed by atoms with van der Waals surface area (Å²) < 4.78 is 74.1. The lowest BCUT2D eigenvalue weighted by Crippen LogP contribution is -2.36. The molecule has 0 fully saturated rings. The Morgan fingerprint density at radius 1 is 0.731 bits per heavy atom. The molecule has 5 rings (SSSR count). The molecule has 2 heterocycles. The number of hydrogen-bond acceptors (Lipinski definition) is 22. The number of anilines is 1. The molecule has 0 aliphatic carbocycles. The molecule has 0 atom stereocenters. The number of carbonyl (C=O) groups is 2. The molecule has 0 unspecified atom stereocenters. The Morgan fingerprint density at radius 2 is 1.40 bits per heavy atom. The topological polar surface area (TPSA) is 302 Å². The van der Waals surface area contributed by atoms with Crippen molar-refractivity contribution in [1.82, 2.24) is 19.9 Å². The molecule has 0 saturated carbocycles. The molecule has 2 aromatic heterocycles. The number of hydrogen-bond donors (Lipinski definition) is 0. The second-order valence-corrected chi connectivity index (χ2v) is 16.1. The standard InChI is InChI=1S/C41H43N7O18S/c1-41(2,3)29-13-15-31(16-14-29)67(55,56)46(27-62-39(49)60-21-19-58-20-24-63-47(51)52)37-34(66-33-12-6-5-11-32(33)57-4)38(45-36(44-37)35-42-17-8-18-43-35)59-22-23-61-40(50)65-30-10-7-9-28(25-30)26-64-48(53)54/h5-18,25H,19-24,26-27H2,1-4H3. The van der Waals surface area contributed by atoms with E-state index in [1.165, 1.54) is 68.0 Å². The largest absolute Gasteiger partial charge is 0.513 e. The van der Waals surface area contributed by atoms with E-state index in [2.05, 4.69) is 29.6 Å². The van der Waals surface area contributed by atoms with Crippen molar-refractivity contribution in [3.63, 3.8) is 0 Å². The van der Waals surface area contributed by atoms with Gasteiger partial charge in [0.2, 0.25) is 11.6 Å². The second kappa shape index (κ2) is 23.7. The Bertz CT molecular complexity index is 2580. The van der Waals surface area contributed by atoms with Crippen LogP contribution in [-0.4, -0.2) is 104 Å². The number of rotatable bonds is 24. The van der Waals surface area contributed by atoms with E-state index >= 15 is 0 Å². The summed E-state index contributed by atoms with van der Waals surface area (Å²) >= 11 is 0. The van der Waals surface area contributed by atoms with Crippen LogP contribution in [0.2, 0.25) is 0 Å². The number of para-hydroxylation sites is 2. The number of sulfonamides is 1. The molecular formula is C41H43N7O18S. The molecule has 0 spiro atoms. The van der Waals surface area contributed by atoms with Gasteiger partial charge in [0.25, 0.3) is 26.1 Å². The van der Waals surface area contributed by atoms with Crippen LogP contribution in [0.3, 0.4) is 0 Å². The molecule has 0 bridgehead atoms. The van der Waals surface area contributed by atoms with Gasteiger partial charge in [-0.05, 0) is 59.0 Å². The van der Waals surface area contributed by atoms with Crippen LogP contribution < -0.4 is 23.3 Å². The first kappa shape index (κ1) is 49.9. The van der Waals surface area contributed by atoms with E-state index in [1.54, 1.807) is 30.3 Å². The maximum absolute atomic E-state index is 14.9. The third-order valence-electron chi connectivity index (χ3n) is 8.56. The summed E-state index contributed by atoms with van der Waals surface area (Å²) in [4.78, 5) is 72.3. The van der Waals surface area contributed by atoms with E-state index in [9.17, 15) is 38.2 Å². The summed E-state index contributed by atoms with van der Waals surface area (Å²) in [6, 6.07) is 19.5. The number of ether oxygens (including phenoxy) is 8. The molecule has 0 radical (unpaired) electrons. The third-order valence-corrected chi connectivity index (χ3v) is 10.3. The summed E-state index contributed by atoms with van der Waals surface area (Å²) in [5, 5.41) is 19.0. The molecule has 5 aromatic rings. The molecule has 0 amide bonds. The van der Waals surface area contributed by atoms with Crippen LogP contribution in [-0.2, 0) is 50.7 Å². The van der Waals surface area contributed by atoms with Gasteiger partial charge in [-0.2, -0.15) is 4.98 Å². The van der Waals surface area contributed by atoms with Crippen molar-refractivity contribution in [3.8, 4) is 40.5 Å². The van der Waals surface area contributed by atoms with Gasteiger partial charge in [0.1, 0.15) is 38.8 Å². The average Bonchev–Trinajstić information content (AvgIpc) is 3.30. The summed E-state index contributed by atoms with van der Waals surface area (Å²) in [5.41, 5.74) is 0.767. The minimum Gasteiger partial charge on any atom is -0.493 e. The van der Waals surface area contributed by atoms with Crippen LogP contribution in [0.4, 0.5) is 15.4 Å². The normalized spacial score (nSPS) is 11.1. The smallest absolute Gasteiger partial charge is 0.493 e. The number of methoxy groups -OCH3 is 1. The maximum atomic E-state index is 14.9. The van der Waals surface area contributed by atoms with Gasteiger partial charge in [-0.15, -0.1) is 20.2 Å². The van der Waals surface area contributed by atoms with Gasteiger partial charge in [-0.1, -0.05) is 57.2 Å². The Labute approximate surface area is 381 Å². The summed E-state index contributed by atoms with van der Waals surface area (Å²) in [7, 11) is -3.43. The zero-order valence-electron chi connectivity index (χ0n) is 36.2. The molecule has 26 heteroatoms. The second-order valence-electron chi connectivity index (χ2n) is 14.2. The Hall–Kier alpha value is -8.13. The molecule has 67 heavy (non-hydrogen) atoms. The minimum absolute atomic E-state index is 0.00937. The fraction of sp³-hybridized carbons (Fsp3) is 0.317. The molecule has 356 valence electrons. The van der Waals surface area contributed by atoms with E-state index in [1.807, 2.05) is 20.8 Å². The van der Waals surface area contributed by atoms with Crippen LogP contribution in [0.15, 0.2) is 96.2 Å². The number of benzene rings is 3. The van der Waals surface area contributed by atoms with Crippen molar-refractivity contribution >= 4 is 28.2 Å². The highest BCUT2D eigenvalue weighted by molar-refractivity contribution is 7.92. The van der Waals surface area contributed by atoms with Gasteiger partial charge in [0, 0.05) is 12.4 Å². The first-order valence-corrected chi connectivity index (χ1v) is 21.1. The first-order chi connectivity index (χ1) is 32.0. The molecule has 0 aliphatic heterocycles.